The molecule has 0 aliphatic heterocycles. The smallest absolute Gasteiger partial charge is 0.305 e. The molecular weight excluding hydrogens is 244 g/mol. The molecule has 0 saturated heterocycles. The highest BCUT2D eigenvalue weighted by atomic mass is 16.4. The molecular formula is C14H28N2O3. The van der Waals surface area contributed by atoms with Crippen LogP contribution in [0.25, 0.3) is 0 Å². The molecule has 1 atom stereocenters. The number of carbonyl (C=O) groups is 2. The van der Waals surface area contributed by atoms with E-state index in [1.807, 2.05) is 41.5 Å². The Bertz CT molecular complexity index is 314. The Morgan fingerprint density at radius 3 is 2.00 bits per heavy atom. The number of rotatable bonds is 6. The van der Waals surface area contributed by atoms with Gasteiger partial charge in [0.1, 0.15) is 0 Å². The lowest BCUT2D eigenvalue weighted by Crippen LogP contribution is -2.47. The van der Waals surface area contributed by atoms with Gasteiger partial charge in [-0.15, -0.1) is 0 Å². The second kappa shape index (κ2) is 6.89. The Morgan fingerprint density at radius 1 is 1.11 bits per heavy atom. The van der Waals surface area contributed by atoms with Crippen LogP contribution in [-0.4, -0.2) is 35.1 Å². The molecule has 0 aliphatic carbocycles. The van der Waals surface area contributed by atoms with Crippen molar-refractivity contribution in [2.24, 2.45) is 5.41 Å². The fourth-order valence-corrected chi connectivity index (χ4v) is 1.75. The SMILES string of the molecule is CC(C)(C)CC(CC(=O)O)NC(=O)CNC(C)(C)C. The van der Waals surface area contributed by atoms with Gasteiger partial charge >= 0.3 is 5.97 Å². The summed E-state index contributed by atoms with van der Waals surface area (Å²) >= 11 is 0. The molecule has 1 amide bonds. The molecule has 5 heteroatoms. The first-order valence-corrected chi connectivity index (χ1v) is 6.65. The maximum Gasteiger partial charge on any atom is 0.305 e. The van der Waals surface area contributed by atoms with Crippen molar-refractivity contribution in [3.8, 4) is 0 Å². The first kappa shape index (κ1) is 17.9. The molecule has 0 spiro atoms. The molecule has 3 N–H and O–H groups in total. The fraction of sp³-hybridized carbons (Fsp3) is 0.857. The molecule has 0 radical (unpaired) electrons. The summed E-state index contributed by atoms with van der Waals surface area (Å²) in [6.45, 7) is 12.2. The minimum Gasteiger partial charge on any atom is -0.481 e. The van der Waals surface area contributed by atoms with Gasteiger partial charge in [-0.05, 0) is 32.6 Å². The monoisotopic (exact) mass is 272 g/mol. The third-order valence-corrected chi connectivity index (χ3v) is 2.42. The van der Waals surface area contributed by atoms with Gasteiger partial charge in [-0.3, -0.25) is 9.59 Å². The van der Waals surface area contributed by atoms with Crippen LogP contribution in [0.5, 0.6) is 0 Å². The second-order valence-electron chi connectivity index (χ2n) is 7.23. The van der Waals surface area contributed by atoms with Crippen molar-refractivity contribution in [3.05, 3.63) is 0 Å². The maximum atomic E-state index is 11.8. The Labute approximate surface area is 116 Å². The van der Waals surface area contributed by atoms with E-state index in [1.54, 1.807) is 0 Å². The van der Waals surface area contributed by atoms with Gasteiger partial charge in [0.2, 0.25) is 5.91 Å². The van der Waals surface area contributed by atoms with Crippen LogP contribution < -0.4 is 10.6 Å². The lowest BCUT2D eigenvalue weighted by atomic mass is 9.87. The van der Waals surface area contributed by atoms with Gasteiger partial charge < -0.3 is 15.7 Å². The van der Waals surface area contributed by atoms with E-state index in [9.17, 15) is 9.59 Å². The highest BCUT2D eigenvalue weighted by Gasteiger charge is 2.23. The van der Waals surface area contributed by atoms with Crippen molar-refractivity contribution in [2.75, 3.05) is 6.54 Å². The molecule has 0 fully saturated rings. The van der Waals surface area contributed by atoms with Crippen molar-refractivity contribution >= 4 is 11.9 Å². The van der Waals surface area contributed by atoms with E-state index < -0.39 is 5.97 Å². The highest BCUT2D eigenvalue weighted by molar-refractivity contribution is 5.79. The van der Waals surface area contributed by atoms with Crippen molar-refractivity contribution in [1.82, 2.24) is 10.6 Å². The van der Waals surface area contributed by atoms with Gasteiger partial charge in [0.25, 0.3) is 0 Å². The number of carboxylic acid groups (broad SMARTS) is 1. The molecule has 19 heavy (non-hydrogen) atoms. The first-order chi connectivity index (χ1) is 8.39. The molecule has 0 heterocycles. The van der Waals surface area contributed by atoms with Crippen LogP contribution >= 0.6 is 0 Å². The summed E-state index contributed by atoms with van der Waals surface area (Å²) in [5.41, 5.74) is -0.158. The molecule has 0 aliphatic rings. The standard InChI is InChI=1S/C14H28N2O3/c1-13(2,3)8-10(7-12(18)19)16-11(17)9-15-14(4,5)6/h10,15H,7-9H2,1-6H3,(H,16,17)(H,18,19). The van der Waals surface area contributed by atoms with Crippen LogP contribution in [0.1, 0.15) is 54.4 Å². The van der Waals surface area contributed by atoms with Gasteiger partial charge in [0, 0.05) is 11.6 Å². The number of carbonyl (C=O) groups excluding carboxylic acids is 1. The number of hydrogen-bond donors (Lipinski definition) is 3. The van der Waals surface area contributed by atoms with Gasteiger partial charge in [0.05, 0.1) is 13.0 Å². The predicted molar refractivity (Wildman–Crippen MR) is 76.0 cm³/mol. The zero-order valence-corrected chi connectivity index (χ0v) is 13.0. The van der Waals surface area contributed by atoms with Crippen molar-refractivity contribution in [2.45, 2.75) is 66.0 Å². The Balaban J connectivity index is 4.39. The molecule has 0 aromatic rings. The number of amides is 1. The number of carboxylic acids is 1. The third kappa shape index (κ3) is 11.7. The van der Waals surface area contributed by atoms with Crippen LogP contribution in [0.2, 0.25) is 0 Å². The van der Waals surface area contributed by atoms with E-state index in [0.29, 0.717) is 6.42 Å². The van der Waals surface area contributed by atoms with Crippen LogP contribution in [0, 0.1) is 5.41 Å². The summed E-state index contributed by atoms with van der Waals surface area (Å²) in [5.74, 6) is -1.05. The number of hydrogen-bond acceptors (Lipinski definition) is 3. The predicted octanol–water partition coefficient (Wildman–Crippen LogP) is 1.77. The molecule has 0 aromatic carbocycles. The van der Waals surface area contributed by atoms with Crippen LogP contribution in [-0.2, 0) is 9.59 Å². The third-order valence-electron chi connectivity index (χ3n) is 2.42. The first-order valence-electron chi connectivity index (χ1n) is 6.65. The Kier molecular flexibility index (Phi) is 6.49. The summed E-state index contributed by atoms with van der Waals surface area (Å²) in [4.78, 5) is 22.6. The molecule has 0 bridgehead atoms. The molecule has 1 unspecified atom stereocenters. The van der Waals surface area contributed by atoms with E-state index in [0.717, 1.165) is 0 Å². The van der Waals surface area contributed by atoms with E-state index >= 15 is 0 Å². The van der Waals surface area contributed by atoms with Crippen LogP contribution in [0.3, 0.4) is 0 Å². The van der Waals surface area contributed by atoms with Gasteiger partial charge in [0.15, 0.2) is 0 Å². The van der Waals surface area contributed by atoms with Gasteiger partial charge in [-0.1, -0.05) is 20.8 Å². The molecule has 0 rings (SSSR count). The zero-order valence-electron chi connectivity index (χ0n) is 13.0. The summed E-state index contributed by atoms with van der Waals surface area (Å²) in [6.07, 6.45) is 0.596. The summed E-state index contributed by atoms with van der Waals surface area (Å²) in [7, 11) is 0. The van der Waals surface area contributed by atoms with E-state index in [2.05, 4.69) is 10.6 Å². The maximum absolute atomic E-state index is 11.8. The number of nitrogens with one attached hydrogen (secondary N) is 2. The lowest BCUT2D eigenvalue weighted by molar-refractivity contribution is -0.137. The summed E-state index contributed by atoms with van der Waals surface area (Å²) < 4.78 is 0. The lowest BCUT2D eigenvalue weighted by Gasteiger charge is -2.27. The second-order valence-corrected chi connectivity index (χ2v) is 7.23. The average molecular weight is 272 g/mol. The summed E-state index contributed by atoms with van der Waals surface area (Å²) in [6, 6.07) is -0.327. The highest BCUT2D eigenvalue weighted by Crippen LogP contribution is 2.22. The zero-order chi connectivity index (χ0) is 15.3. The quantitative estimate of drug-likeness (QED) is 0.688. The number of aliphatic carboxylic acids is 1. The topological polar surface area (TPSA) is 78.4 Å². The molecule has 0 aromatic heterocycles. The van der Waals surface area contributed by atoms with Crippen LogP contribution in [0.15, 0.2) is 0 Å². The molecule has 5 nitrogen and oxygen atoms in total. The van der Waals surface area contributed by atoms with E-state index in [1.165, 1.54) is 0 Å². The van der Waals surface area contributed by atoms with Gasteiger partial charge in [-0.25, -0.2) is 0 Å². The summed E-state index contributed by atoms with van der Waals surface area (Å²) in [5, 5.41) is 14.8. The van der Waals surface area contributed by atoms with Crippen molar-refractivity contribution in [1.29, 1.82) is 0 Å². The van der Waals surface area contributed by atoms with E-state index in [4.69, 9.17) is 5.11 Å². The minimum atomic E-state index is -0.890. The fourth-order valence-electron chi connectivity index (χ4n) is 1.75. The normalized spacial score (nSPS) is 14.0. The average Bonchev–Trinajstić information content (AvgIpc) is 2.09. The minimum absolute atomic E-state index is 0.0230. The Morgan fingerprint density at radius 2 is 1.63 bits per heavy atom. The van der Waals surface area contributed by atoms with Crippen LogP contribution in [0.4, 0.5) is 0 Å². The van der Waals surface area contributed by atoms with E-state index in [-0.39, 0.29) is 35.9 Å². The molecule has 0 saturated carbocycles. The van der Waals surface area contributed by atoms with Crippen molar-refractivity contribution < 1.29 is 14.7 Å². The Hall–Kier alpha value is -1.10. The largest absolute Gasteiger partial charge is 0.481 e. The van der Waals surface area contributed by atoms with Gasteiger partial charge in [-0.2, -0.15) is 0 Å². The van der Waals surface area contributed by atoms with Crippen molar-refractivity contribution in [3.63, 3.8) is 0 Å². The molecule has 112 valence electrons.